The number of rotatable bonds is 12. The summed E-state index contributed by atoms with van der Waals surface area (Å²) in [7, 11) is 0. The van der Waals surface area contributed by atoms with E-state index in [-0.39, 0.29) is 23.7 Å². The highest BCUT2D eigenvalue weighted by atomic mass is 19.1. The lowest BCUT2D eigenvalue weighted by Crippen LogP contribution is -2.46. The lowest BCUT2D eigenvalue weighted by Gasteiger charge is -2.33. The van der Waals surface area contributed by atoms with Crippen molar-refractivity contribution >= 4 is 17.6 Å². The highest BCUT2D eigenvalue weighted by molar-refractivity contribution is 5.96. The number of hydrogen-bond donors (Lipinski definition) is 2. The van der Waals surface area contributed by atoms with E-state index in [9.17, 15) is 14.4 Å². The molecule has 1 aliphatic rings. The van der Waals surface area contributed by atoms with Gasteiger partial charge in [0.15, 0.2) is 0 Å². The third kappa shape index (κ3) is 8.55. The fraction of sp³-hybridized carbons (Fsp3) is 0.323. The fourth-order valence-electron chi connectivity index (χ4n) is 4.90. The van der Waals surface area contributed by atoms with Crippen molar-refractivity contribution in [2.24, 2.45) is 10.7 Å². The van der Waals surface area contributed by atoms with Gasteiger partial charge in [-0.05, 0) is 92.9 Å². The highest BCUT2D eigenvalue weighted by Crippen LogP contribution is 2.27. The smallest absolute Gasteiger partial charge is 0.220 e. The first-order chi connectivity index (χ1) is 19.5. The van der Waals surface area contributed by atoms with Crippen LogP contribution >= 0.6 is 0 Å². The number of carbonyl (C=O) groups excluding carboxylic acids is 1. The average molecular weight is 543 g/mol. The SMILES string of the molecule is N#CN=C(N)N(c1ccc(Oc2ccc(F)cc2)cc1)[C@H](CCC(=O)NCCN1CCCC1)Cc1ccccc1. The molecule has 0 spiro atoms. The molecule has 0 aromatic heterocycles. The van der Waals surface area contributed by atoms with Gasteiger partial charge in [-0.3, -0.25) is 4.79 Å². The topological polar surface area (TPSA) is 107 Å². The normalized spacial score (nSPS) is 14.3. The molecule has 3 aromatic carbocycles. The molecule has 0 radical (unpaired) electrons. The quantitative estimate of drug-likeness (QED) is 0.193. The molecule has 3 N–H and O–H groups in total. The van der Waals surface area contributed by atoms with E-state index in [1.807, 2.05) is 42.5 Å². The first-order valence-corrected chi connectivity index (χ1v) is 13.6. The Hall–Kier alpha value is -4.42. The van der Waals surface area contributed by atoms with Gasteiger partial charge in [0.05, 0.1) is 0 Å². The van der Waals surface area contributed by atoms with Crippen molar-refractivity contribution < 1.29 is 13.9 Å². The summed E-state index contributed by atoms with van der Waals surface area (Å²) in [5, 5.41) is 12.3. The molecule has 1 saturated heterocycles. The number of anilines is 1. The number of nitrogens with zero attached hydrogens (tertiary/aromatic N) is 4. The second-order valence-electron chi connectivity index (χ2n) is 9.77. The van der Waals surface area contributed by atoms with Crippen molar-refractivity contribution in [2.75, 3.05) is 31.1 Å². The summed E-state index contributed by atoms with van der Waals surface area (Å²) >= 11 is 0. The zero-order valence-electron chi connectivity index (χ0n) is 22.5. The van der Waals surface area contributed by atoms with Crippen molar-refractivity contribution in [1.29, 1.82) is 5.26 Å². The molecule has 0 aliphatic carbocycles. The Morgan fingerprint density at radius 2 is 1.70 bits per heavy atom. The Morgan fingerprint density at radius 1 is 1.05 bits per heavy atom. The first-order valence-electron chi connectivity index (χ1n) is 13.6. The third-order valence-electron chi connectivity index (χ3n) is 6.91. The van der Waals surface area contributed by atoms with Crippen LogP contribution in [-0.4, -0.2) is 49.0 Å². The van der Waals surface area contributed by atoms with Crippen LogP contribution in [0.25, 0.3) is 0 Å². The minimum atomic E-state index is -0.338. The first kappa shape index (κ1) is 28.6. The molecular formula is C31H35FN6O2. The summed E-state index contributed by atoms with van der Waals surface area (Å²) in [6.07, 6.45) is 5.62. The third-order valence-corrected chi connectivity index (χ3v) is 6.91. The van der Waals surface area contributed by atoms with E-state index in [1.165, 1.54) is 25.0 Å². The monoisotopic (exact) mass is 542 g/mol. The Labute approximate surface area is 234 Å². The van der Waals surface area contributed by atoms with E-state index >= 15 is 0 Å². The largest absolute Gasteiger partial charge is 0.457 e. The maximum Gasteiger partial charge on any atom is 0.220 e. The van der Waals surface area contributed by atoms with Gasteiger partial charge in [0, 0.05) is 31.2 Å². The van der Waals surface area contributed by atoms with Gasteiger partial charge < -0.3 is 25.6 Å². The summed E-state index contributed by atoms with van der Waals surface area (Å²) in [5.74, 6) is 0.758. The molecule has 9 heteroatoms. The highest BCUT2D eigenvalue weighted by Gasteiger charge is 2.24. The Morgan fingerprint density at radius 3 is 2.35 bits per heavy atom. The summed E-state index contributed by atoms with van der Waals surface area (Å²) < 4.78 is 19.1. The van der Waals surface area contributed by atoms with Crippen molar-refractivity contribution in [1.82, 2.24) is 10.2 Å². The lowest BCUT2D eigenvalue weighted by molar-refractivity contribution is -0.121. The Bertz CT molecular complexity index is 1290. The molecule has 3 aromatic rings. The van der Waals surface area contributed by atoms with Crippen LogP contribution < -0.4 is 20.7 Å². The number of likely N-dealkylation sites (tertiary alicyclic amines) is 1. The van der Waals surface area contributed by atoms with Gasteiger partial charge in [0.25, 0.3) is 0 Å². The van der Waals surface area contributed by atoms with Gasteiger partial charge in [-0.15, -0.1) is 4.99 Å². The van der Waals surface area contributed by atoms with E-state index in [4.69, 9.17) is 10.5 Å². The standard InChI is InChI=1S/C31H35FN6O2/c32-25-8-13-28(14-9-25)40-29-15-10-26(11-16-29)38(31(34)36-23-33)27(22-24-6-2-1-3-7-24)12-17-30(39)35-18-21-37-19-4-5-20-37/h1-3,6-11,13-16,27H,4-5,12,17-22H2,(H2,34,36)(H,35,39)/t27-/m1/s1. The van der Waals surface area contributed by atoms with Gasteiger partial charge in [-0.25, -0.2) is 4.39 Å². The predicted molar refractivity (Wildman–Crippen MR) is 154 cm³/mol. The summed E-state index contributed by atoms with van der Waals surface area (Å²) in [4.78, 5) is 20.8. The number of benzene rings is 3. The molecule has 0 saturated carbocycles. The number of carbonyl (C=O) groups is 1. The number of halogens is 1. The van der Waals surface area contributed by atoms with E-state index < -0.39 is 0 Å². The molecule has 208 valence electrons. The zero-order chi connectivity index (χ0) is 28.2. The van der Waals surface area contributed by atoms with Crippen LogP contribution in [0.2, 0.25) is 0 Å². The van der Waals surface area contributed by atoms with Crippen molar-refractivity contribution in [3.8, 4) is 17.7 Å². The van der Waals surface area contributed by atoms with Crippen LogP contribution in [0, 0.1) is 17.3 Å². The van der Waals surface area contributed by atoms with Gasteiger partial charge in [0.1, 0.15) is 17.3 Å². The van der Waals surface area contributed by atoms with Gasteiger partial charge in [0.2, 0.25) is 18.1 Å². The minimum absolute atomic E-state index is 0.0175. The van der Waals surface area contributed by atoms with E-state index in [0.29, 0.717) is 43.0 Å². The molecule has 1 aliphatic heterocycles. The van der Waals surface area contributed by atoms with E-state index in [1.54, 1.807) is 35.4 Å². The maximum atomic E-state index is 13.2. The number of nitrogens with one attached hydrogen (secondary N) is 1. The van der Waals surface area contributed by atoms with Crippen LogP contribution in [0.4, 0.5) is 10.1 Å². The van der Waals surface area contributed by atoms with Crippen molar-refractivity contribution in [2.45, 2.75) is 38.1 Å². The molecule has 1 fully saturated rings. The molecule has 0 bridgehead atoms. The summed E-state index contributed by atoms with van der Waals surface area (Å²) in [6.45, 7) is 3.67. The van der Waals surface area contributed by atoms with Gasteiger partial charge in [-0.2, -0.15) is 5.26 Å². The van der Waals surface area contributed by atoms with Gasteiger partial charge in [-0.1, -0.05) is 30.3 Å². The fourth-order valence-corrected chi connectivity index (χ4v) is 4.90. The van der Waals surface area contributed by atoms with Gasteiger partial charge >= 0.3 is 0 Å². The van der Waals surface area contributed by atoms with Crippen molar-refractivity contribution in [3.63, 3.8) is 0 Å². The molecule has 1 atom stereocenters. The summed E-state index contributed by atoms with van der Waals surface area (Å²) in [5.41, 5.74) is 8.11. The lowest BCUT2D eigenvalue weighted by atomic mass is 9.99. The molecule has 0 unspecified atom stereocenters. The second-order valence-corrected chi connectivity index (χ2v) is 9.77. The van der Waals surface area contributed by atoms with Crippen LogP contribution in [0.5, 0.6) is 11.5 Å². The average Bonchev–Trinajstić information content (AvgIpc) is 3.48. The van der Waals surface area contributed by atoms with E-state index in [2.05, 4.69) is 15.2 Å². The molecular weight excluding hydrogens is 507 g/mol. The number of hydrogen-bond acceptors (Lipinski definition) is 5. The molecule has 8 nitrogen and oxygen atoms in total. The zero-order valence-corrected chi connectivity index (χ0v) is 22.5. The number of amides is 1. The van der Waals surface area contributed by atoms with Crippen molar-refractivity contribution in [3.05, 3.63) is 90.2 Å². The number of nitriles is 1. The summed E-state index contributed by atoms with van der Waals surface area (Å²) in [6, 6.07) is 22.7. The minimum Gasteiger partial charge on any atom is -0.457 e. The Balaban J connectivity index is 1.50. The number of ether oxygens (including phenoxy) is 1. The maximum absolute atomic E-state index is 13.2. The second kappa shape index (κ2) is 14.7. The van der Waals surface area contributed by atoms with Crippen LogP contribution in [0.15, 0.2) is 83.9 Å². The number of nitrogens with two attached hydrogens (primary N) is 1. The van der Waals surface area contributed by atoms with Crippen LogP contribution in [0.3, 0.4) is 0 Å². The van der Waals surface area contributed by atoms with Crippen LogP contribution in [0.1, 0.15) is 31.2 Å². The predicted octanol–water partition coefficient (Wildman–Crippen LogP) is 4.82. The number of aliphatic imine (C=N–C) groups is 1. The van der Waals surface area contributed by atoms with E-state index in [0.717, 1.165) is 25.2 Å². The number of guanidine groups is 1. The Kier molecular flexibility index (Phi) is 10.5. The molecule has 4 rings (SSSR count). The molecule has 1 amide bonds. The molecule has 40 heavy (non-hydrogen) atoms. The van der Waals surface area contributed by atoms with Crippen LogP contribution in [-0.2, 0) is 11.2 Å². The molecule has 1 heterocycles.